The lowest BCUT2D eigenvalue weighted by atomic mass is 9.80. The van der Waals surface area contributed by atoms with Crippen LogP contribution in [0.15, 0.2) is 149 Å². The molecule has 59 heavy (non-hydrogen) atoms. The standard InChI is InChI=1S/C54H60N4S/c1-51(2,3)38-24-25-55-50(31-38)58-47-21-17-16-20-45(47)46-23-22-43(33-48(46)58)59-44-27-37(36-18-14-13-15-19-36)26-42(32-44)57-35-56(34-49(57)54(10,11)12)41-29-39(52(4,5)6)28-40(30-41)53(7,8)9/h13-34H,35H2,1-12H3. The summed E-state index contributed by atoms with van der Waals surface area (Å²) in [5.41, 5.74) is 12.5. The minimum absolute atomic E-state index is 0.0131. The van der Waals surface area contributed by atoms with Gasteiger partial charge >= 0.3 is 0 Å². The van der Waals surface area contributed by atoms with Gasteiger partial charge < -0.3 is 9.80 Å². The van der Waals surface area contributed by atoms with Gasteiger partial charge in [-0.2, -0.15) is 0 Å². The molecule has 3 heterocycles. The first-order valence-corrected chi connectivity index (χ1v) is 21.9. The van der Waals surface area contributed by atoms with E-state index in [1.165, 1.54) is 71.0 Å². The van der Waals surface area contributed by atoms with Crippen molar-refractivity contribution in [1.82, 2.24) is 9.55 Å². The van der Waals surface area contributed by atoms with Gasteiger partial charge in [0.2, 0.25) is 0 Å². The van der Waals surface area contributed by atoms with Crippen LogP contribution in [0.3, 0.4) is 0 Å². The third kappa shape index (κ3) is 8.19. The zero-order valence-electron chi connectivity index (χ0n) is 37.1. The van der Waals surface area contributed by atoms with E-state index in [0.717, 1.165) is 18.0 Å². The number of benzene rings is 5. The number of pyridine rings is 1. The number of para-hydroxylation sites is 1. The quantitative estimate of drug-likeness (QED) is 0.167. The summed E-state index contributed by atoms with van der Waals surface area (Å²) in [6, 6.07) is 45.2. The molecule has 1 aliphatic rings. The second-order valence-electron chi connectivity index (χ2n) is 20.4. The van der Waals surface area contributed by atoms with Gasteiger partial charge in [0.15, 0.2) is 0 Å². The van der Waals surface area contributed by atoms with E-state index in [0.29, 0.717) is 0 Å². The molecule has 2 aromatic heterocycles. The molecule has 5 aromatic carbocycles. The van der Waals surface area contributed by atoms with Crippen LogP contribution in [-0.4, -0.2) is 16.2 Å². The first-order chi connectivity index (χ1) is 27.7. The molecule has 0 aliphatic carbocycles. The normalized spacial score (nSPS) is 14.1. The first kappa shape index (κ1) is 40.5. The Bertz CT molecular complexity index is 2680. The Balaban J connectivity index is 1.24. The number of nitrogens with zero attached hydrogens (tertiary/aromatic N) is 4. The van der Waals surface area contributed by atoms with Crippen LogP contribution in [0.1, 0.15) is 99.8 Å². The van der Waals surface area contributed by atoms with Gasteiger partial charge in [-0.3, -0.25) is 4.57 Å². The molecule has 0 atom stereocenters. The summed E-state index contributed by atoms with van der Waals surface area (Å²) in [5, 5.41) is 2.46. The van der Waals surface area contributed by atoms with Gasteiger partial charge in [-0.1, -0.05) is 156 Å². The van der Waals surface area contributed by atoms with E-state index < -0.39 is 0 Å². The Labute approximate surface area is 357 Å². The lowest BCUT2D eigenvalue weighted by Crippen LogP contribution is -2.31. The summed E-state index contributed by atoms with van der Waals surface area (Å²) in [4.78, 5) is 12.3. The summed E-state index contributed by atoms with van der Waals surface area (Å²) < 4.78 is 2.34. The summed E-state index contributed by atoms with van der Waals surface area (Å²) in [6.45, 7) is 28.4. The molecule has 0 N–H and O–H groups in total. The Morgan fingerprint density at radius 3 is 1.80 bits per heavy atom. The van der Waals surface area contributed by atoms with Crippen molar-refractivity contribution < 1.29 is 0 Å². The number of hydrogen-bond donors (Lipinski definition) is 0. The average Bonchev–Trinajstić information content (AvgIpc) is 3.78. The fourth-order valence-electron chi connectivity index (χ4n) is 8.10. The smallest absolute Gasteiger partial charge is 0.137 e. The molecule has 4 nitrogen and oxygen atoms in total. The number of aromatic nitrogens is 2. The highest BCUT2D eigenvalue weighted by Crippen LogP contribution is 2.44. The molecule has 8 rings (SSSR count). The van der Waals surface area contributed by atoms with Crippen LogP contribution >= 0.6 is 11.8 Å². The molecule has 0 saturated carbocycles. The van der Waals surface area contributed by atoms with Crippen LogP contribution in [0.5, 0.6) is 0 Å². The van der Waals surface area contributed by atoms with Crippen molar-refractivity contribution >= 4 is 44.9 Å². The Morgan fingerprint density at radius 2 is 1.14 bits per heavy atom. The van der Waals surface area contributed by atoms with E-state index in [4.69, 9.17) is 4.98 Å². The molecule has 0 unspecified atom stereocenters. The molecule has 0 saturated heterocycles. The summed E-state index contributed by atoms with van der Waals surface area (Å²) in [6.07, 6.45) is 4.35. The van der Waals surface area contributed by atoms with E-state index in [-0.39, 0.29) is 21.7 Å². The highest BCUT2D eigenvalue weighted by atomic mass is 32.2. The van der Waals surface area contributed by atoms with E-state index >= 15 is 0 Å². The van der Waals surface area contributed by atoms with Crippen LogP contribution in [0.2, 0.25) is 0 Å². The second-order valence-corrected chi connectivity index (χ2v) is 21.6. The molecule has 302 valence electrons. The second kappa shape index (κ2) is 14.8. The van der Waals surface area contributed by atoms with Crippen molar-refractivity contribution in [3.63, 3.8) is 0 Å². The van der Waals surface area contributed by atoms with Gasteiger partial charge in [-0.05, 0) is 105 Å². The summed E-state index contributed by atoms with van der Waals surface area (Å²) >= 11 is 1.83. The molecule has 0 amide bonds. The highest BCUT2D eigenvalue weighted by molar-refractivity contribution is 7.99. The van der Waals surface area contributed by atoms with Gasteiger partial charge in [0.25, 0.3) is 0 Å². The maximum atomic E-state index is 4.94. The predicted molar refractivity (Wildman–Crippen MR) is 254 cm³/mol. The fraction of sp³-hybridized carbons (Fsp3) is 0.315. The number of allylic oxidation sites excluding steroid dienone is 1. The predicted octanol–water partition coefficient (Wildman–Crippen LogP) is 15.1. The molecule has 7 aromatic rings. The maximum absolute atomic E-state index is 4.94. The molecule has 5 heteroatoms. The van der Waals surface area contributed by atoms with Gasteiger partial charge in [0, 0.05) is 55.4 Å². The van der Waals surface area contributed by atoms with E-state index in [1.54, 1.807) is 0 Å². The third-order valence-electron chi connectivity index (χ3n) is 11.6. The SMILES string of the molecule is CC(C)(C)C1=CN(c2cc(C(C)(C)C)cc(C(C)(C)C)c2)CN1c1cc(Sc2ccc3c4ccccc4n(-c4cc(C(C)(C)C)ccn4)c3c2)cc(-c2ccccc2)c1. The number of anilines is 2. The summed E-state index contributed by atoms with van der Waals surface area (Å²) in [5.74, 6) is 0.946. The number of rotatable bonds is 6. The Kier molecular flexibility index (Phi) is 10.1. The lowest BCUT2D eigenvalue weighted by Gasteiger charge is -2.32. The zero-order chi connectivity index (χ0) is 42.1. The zero-order valence-corrected chi connectivity index (χ0v) is 37.9. The van der Waals surface area contributed by atoms with Crippen molar-refractivity contribution in [2.45, 2.75) is 109 Å². The molecular formula is C54H60N4S. The monoisotopic (exact) mass is 796 g/mol. The van der Waals surface area contributed by atoms with Gasteiger partial charge in [-0.15, -0.1) is 0 Å². The lowest BCUT2D eigenvalue weighted by molar-refractivity contribution is 0.492. The van der Waals surface area contributed by atoms with E-state index in [9.17, 15) is 0 Å². The van der Waals surface area contributed by atoms with Crippen molar-refractivity contribution in [2.24, 2.45) is 5.41 Å². The highest BCUT2D eigenvalue weighted by Gasteiger charge is 2.33. The van der Waals surface area contributed by atoms with Crippen LogP contribution < -0.4 is 9.80 Å². The van der Waals surface area contributed by atoms with E-state index in [2.05, 4.69) is 225 Å². The molecule has 0 radical (unpaired) electrons. The number of hydrogen-bond acceptors (Lipinski definition) is 4. The first-order valence-electron chi connectivity index (χ1n) is 21.1. The van der Waals surface area contributed by atoms with Crippen LogP contribution in [0.4, 0.5) is 11.4 Å². The van der Waals surface area contributed by atoms with Crippen molar-refractivity contribution in [2.75, 3.05) is 16.5 Å². The fourth-order valence-corrected chi connectivity index (χ4v) is 9.05. The maximum Gasteiger partial charge on any atom is 0.137 e. The molecular weight excluding hydrogens is 737 g/mol. The van der Waals surface area contributed by atoms with E-state index in [1.807, 2.05) is 18.0 Å². The minimum Gasteiger partial charge on any atom is -0.328 e. The molecule has 0 fully saturated rings. The minimum atomic E-state index is -0.0872. The van der Waals surface area contributed by atoms with Crippen molar-refractivity contribution in [3.8, 4) is 16.9 Å². The summed E-state index contributed by atoms with van der Waals surface area (Å²) in [7, 11) is 0. The Morgan fingerprint density at radius 1 is 0.492 bits per heavy atom. The largest absolute Gasteiger partial charge is 0.328 e. The molecule has 1 aliphatic heterocycles. The van der Waals surface area contributed by atoms with Crippen LogP contribution in [-0.2, 0) is 16.2 Å². The number of fused-ring (bicyclic) bond motifs is 3. The molecule has 0 spiro atoms. The average molecular weight is 797 g/mol. The Hall–Kier alpha value is -5.26. The third-order valence-corrected chi connectivity index (χ3v) is 12.6. The molecule has 0 bridgehead atoms. The van der Waals surface area contributed by atoms with Gasteiger partial charge in [0.1, 0.15) is 5.82 Å². The van der Waals surface area contributed by atoms with Gasteiger partial charge in [-0.25, -0.2) is 4.98 Å². The van der Waals surface area contributed by atoms with Crippen LogP contribution in [0, 0.1) is 5.41 Å². The topological polar surface area (TPSA) is 24.3 Å². The van der Waals surface area contributed by atoms with Gasteiger partial charge in [0.05, 0.1) is 17.7 Å². The van der Waals surface area contributed by atoms with Crippen molar-refractivity contribution in [3.05, 3.63) is 156 Å². The van der Waals surface area contributed by atoms with Crippen LogP contribution in [0.25, 0.3) is 38.8 Å². The van der Waals surface area contributed by atoms with Crippen molar-refractivity contribution in [1.29, 1.82) is 0 Å².